The number of hydrogen-bond acceptors (Lipinski definition) is 3. The Morgan fingerprint density at radius 1 is 0.839 bits per heavy atom. The second kappa shape index (κ2) is 9.80. The molecule has 1 saturated heterocycles. The monoisotopic (exact) mass is 413 g/mol. The topological polar surface area (TPSA) is 26.8 Å². The van der Waals surface area contributed by atoms with Crippen molar-refractivity contribution in [1.29, 1.82) is 0 Å². The summed E-state index contributed by atoms with van der Waals surface area (Å²) in [5.74, 6) is 0.0647. The molecule has 1 aliphatic rings. The maximum Gasteiger partial charge on any atom is 0.253 e. The van der Waals surface area contributed by atoms with Crippen LogP contribution in [0.3, 0.4) is 0 Å². The van der Waals surface area contributed by atoms with Crippen molar-refractivity contribution in [2.24, 2.45) is 0 Å². The molecule has 0 unspecified atom stereocenters. The van der Waals surface area contributed by atoms with E-state index < -0.39 is 0 Å². The lowest BCUT2D eigenvalue weighted by atomic mass is 10.1. The van der Waals surface area contributed by atoms with Gasteiger partial charge in [0.05, 0.1) is 0 Å². The molecule has 0 aromatic heterocycles. The second-order valence-electron chi connectivity index (χ2n) is 8.45. The summed E-state index contributed by atoms with van der Waals surface area (Å²) in [5.41, 5.74) is 5.70. The van der Waals surface area contributed by atoms with Gasteiger partial charge in [0, 0.05) is 57.6 Å². The molecule has 1 heterocycles. The summed E-state index contributed by atoms with van der Waals surface area (Å²) >= 11 is 0. The van der Waals surface area contributed by atoms with Gasteiger partial charge in [-0.25, -0.2) is 0 Å². The van der Waals surface area contributed by atoms with Crippen molar-refractivity contribution < 1.29 is 4.79 Å². The van der Waals surface area contributed by atoms with Crippen LogP contribution in [0.25, 0.3) is 0 Å². The molecule has 1 fully saturated rings. The van der Waals surface area contributed by atoms with E-state index >= 15 is 0 Å². The van der Waals surface area contributed by atoms with E-state index in [0.717, 1.165) is 43.9 Å². The van der Waals surface area contributed by atoms with Gasteiger partial charge in [-0.15, -0.1) is 0 Å². The Morgan fingerprint density at radius 2 is 1.52 bits per heavy atom. The van der Waals surface area contributed by atoms with Crippen molar-refractivity contribution in [1.82, 2.24) is 9.80 Å². The maximum absolute atomic E-state index is 12.9. The van der Waals surface area contributed by atoms with E-state index in [1.165, 1.54) is 16.8 Å². The molecular weight excluding hydrogens is 382 g/mol. The van der Waals surface area contributed by atoms with Gasteiger partial charge in [0.2, 0.25) is 0 Å². The minimum absolute atomic E-state index is 0.0647. The summed E-state index contributed by atoms with van der Waals surface area (Å²) in [6.45, 7) is 7.74. The van der Waals surface area contributed by atoms with Crippen LogP contribution in [-0.2, 0) is 13.1 Å². The van der Waals surface area contributed by atoms with Crippen molar-refractivity contribution in [3.05, 3.63) is 101 Å². The van der Waals surface area contributed by atoms with Crippen LogP contribution in [0.4, 0.5) is 5.69 Å². The van der Waals surface area contributed by atoms with Crippen LogP contribution in [-0.4, -0.2) is 48.9 Å². The normalized spacial score (nSPS) is 14.5. The van der Waals surface area contributed by atoms with Gasteiger partial charge in [0.1, 0.15) is 0 Å². The van der Waals surface area contributed by atoms with E-state index in [0.29, 0.717) is 6.54 Å². The number of hydrogen-bond donors (Lipinski definition) is 0. The first kappa shape index (κ1) is 21.1. The van der Waals surface area contributed by atoms with Gasteiger partial charge in [-0.2, -0.15) is 0 Å². The summed E-state index contributed by atoms with van der Waals surface area (Å²) in [7, 11) is 1.87. The number of carbonyl (C=O) groups excluding carboxylic acids is 1. The fraction of sp³-hybridized carbons (Fsp3) is 0.296. The Hall–Kier alpha value is -3.11. The number of nitrogens with zero attached hydrogens (tertiary/aromatic N) is 3. The summed E-state index contributed by atoms with van der Waals surface area (Å²) in [6, 6.07) is 27.0. The van der Waals surface area contributed by atoms with E-state index in [-0.39, 0.29) is 5.91 Å². The predicted octanol–water partition coefficient (Wildman–Crippen LogP) is 4.59. The number of amides is 1. The Labute approximate surface area is 185 Å². The lowest BCUT2D eigenvalue weighted by molar-refractivity contribution is 0.0785. The summed E-state index contributed by atoms with van der Waals surface area (Å²) in [6.07, 6.45) is 0. The highest BCUT2D eigenvalue weighted by atomic mass is 16.2. The number of aryl methyl sites for hydroxylation is 1. The van der Waals surface area contributed by atoms with Crippen LogP contribution < -0.4 is 4.90 Å². The van der Waals surface area contributed by atoms with Gasteiger partial charge in [0.25, 0.3) is 5.91 Å². The molecule has 0 N–H and O–H groups in total. The minimum atomic E-state index is 0.0647. The minimum Gasteiger partial charge on any atom is -0.369 e. The van der Waals surface area contributed by atoms with E-state index in [4.69, 9.17) is 0 Å². The number of rotatable bonds is 6. The maximum atomic E-state index is 12.9. The van der Waals surface area contributed by atoms with Crippen LogP contribution in [0, 0.1) is 6.92 Å². The van der Waals surface area contributed by atoms with Crippen molar-refractivity contribution in [2.45, 2.75) is 20.0 Å². The van der Waals surface area contributed by atoms with Gasteiger partial charge in [-0.05, 0) is 42.3 Å². The van der Waals surface area contributed by atoms with Gasteiger partial charge in [-0.1, -0.05) is 60.2 Å². The number of benzene rings is 3. The van der Waals surface area contributed by atoms with Crippen molar-refractivity contribution >= 4 is 11.6 Å². The zero-order valence-corrected chi connectivity index (χ0v) is 18.5. The molecule has 4 nitrogen and oxygen atoms in total. The van der Waals surface area contributed by atoms with Crippen molar-refractivity contribution in [2.75, 3.05) is 38.1 Å². The molecule has 3 aromatic carbocycles. The Balaban J connectivity index is 1.33. The molecule has 160 valence electrons. The van der Waals surface area contributed by atoms with Crippen LogP contribution in [0.1, 0.15) is 27.0 Å². The van der Waals surface area contributed by atoms with Crippen molar-refractivity contribution in [3.8, 4) is 0 Å². The summed E-state index contributed by atoms with van der Waals surface area (Å²) < 4.78 is 0. The molecule has 0 saturated carbocycles. The molecule has 1 aliphatic heterocycles. The lowest BCUT2D eigenvalue weighted by Gasteiger charge is -2.36. The molecule has 4 rings (SSSR count). The van der Waals surface area contributed by atoms with Crippen LogP contribution in [0.5, 0.6) is 0 Å². The third kappa shape index (κ3) is 5.53. The zero-order valence-electron chi connectivity index (χ0n) is 18.5. The number of piperazine rings is 1. The molecule has 3 aromatic rings. The van der Waals surface area contributed by atoms with E-state index in [1.807, 2.05) is 37.4 Å². The van der Waals surface area contributed by atoms with Gasteiger partial charge in [-0.3, -0.25) is 9.69 Å². The van der Waals surface area contributed by atoms with Crippen molar-refractivity contribution in [3.63, 3.8) is 0 Å². The van der Waals surface area contributed by atoms with Gasteiger partial charge >= 0.3 is 0 Å². The molecular formula is C27H31N3O. The standard InChI is InChI=1S/C27H31N3O/c1-22-11-13-26(14-12-22)30-17-15-29(16-18-30)21-24-9-6-10-25(19-24)27(31)28(2)20-23-7-4-3-5-8-23/h3-14,19H,15-18,20-21H2,1-2H3. The van der Waals surface area contributed by atoms with Gasteiger partial charge in [0.15, 0.2) is 0 Å². The van der Waals surface area contributed by atoms with E-state index in [2.05, 4.69) is 65.3 Å². The summed E-state index contributed by atoms with van der Waals surface area (Å²) in [5, 5.41) is 0. The van der Waals surface area contributed by atoms with Crippen LogP contribution >= 0.6 is 0 Å². The second-order valence-corrected chi connectivity index (χ2v) is 8.45. The third-order valence-corrected chi connectivity index (χ3v) is 5.96. The first-order valence-electron chi connectivity index (χ1n) is 11.0. The zero-order chi connectivity index (χ0) is 21.6. The quantitative estimate of drug-likeness (QED) is 0.591. The molecule has 0 atom stereocenters. The first-order valence-corrected chi connectivity index (χ1v) is 11.0. The molecule has 31 heavy (non-hydrogen) atoms. The molecule has 0 radical (unpaired) electrons. The lowest BCUT2D eigenvalue weighted by Crippen LogP contribution is -2.46. The number of carbonyl (C=O) groups is 1. The highest BCUT2D eigenvalue weighted by Crippen LogP contribution is 2.19. The number of anilines is 1. The Morgan fingerprint density at radius 3 is 2.23 bits per heavy atom. The van der Waals surface area contributed by atoms with E-state index in [1.54, 1.807) is 4.90 Å². The highest BCUT2D eigenvalue weighted by molar-refractivity contribution is 5.94. The Bertz CT molecular complexity index is 993. The third-order valence-electron chi connectivity index (χ3n) is 5.96. The molecule has 0 aliphatic carbocycles. The van der Waals surface area contributed by atoms with Crippen LogP contribution in [0.2, 0.25) is 0 Å². The summed E-state index contributed by atoms with van der Waals surface area (Å²) in [4.78, 5) is 19.6. The average Bonchev–Trinajstić information content (AvgIpc) is 2.80. The first-order chi connectivity index (χ1) is 15.1. The smallest absolute Gasteiger partial charge is 0.253 e. The largest absolute Gasteiger partial charge is 0.369 e. The average molecular weight is 414 g/mol. The van der Waals surface area contributed by atoms with Crippen LogP contribution in [0.15, 0.2) is 78.9 Å². The fourth-order valence-corrected chi connectivity index (χ4v) is 4.13. The molecule has 4 heteroatoms. The molecule has 0 spiro atoms. The predicted molar refractivity (Wildman–Crippen MR) is 127 cm³/mol. The SMILES string of the molecule is Cc1ccc(N2CCN(Cc3cccc(C(=O)N(C)Cc4ccccc4)c3)CC2)cc1. The molecule has 1 amide bonds. The molecule has 0 bridgehead atoms. The van der Waals surface area contributed by atoms with Gasteiger partial charge < -0.3 is 9.80 Å². The highest BCUT2D eigenvalue weighted by Gasteiger charge is 2.18. The fourth-order valence-electron chi connectivity index (χ4n) is 4.13. The van der Waals surface area contributed by atoms with E-state index in [9.17, 15) is 4.79 Å². The Kier molecular flexibility index (Phi) is 6.68.